The highest BCUT2D eigenvalue weighted by Gasteiger charge is 2.31. The Morgan fingerprint density at radius 1 is 1.33 bits per heavy atom. The lowest BCUT2D eigenvalue weighted by atomic mass is 10.0. The Morgan fingerprint density at radius 2 is 2.19 bits per heavy atom. The highest BCUT2D eigenvalue weighted by molar-refractivity contribution is 7.07. The molecule has 2 heterocycles. The van der Waals surface area contributed by atoms with Crippen molar-refractivity contribution in [2.24, 2.45) is 5.73 Å². The zero-order valence-corrected chi connectivity index (χ0v) is 12.8. The van der Waals surface area contributed by atoms with Gasteiger partial charge in [0.25, 0.3) is 5.91 Å². The molecule has 1 fully saturated rings. The molecule has 1 saturated heterocycles. The fourth-order valence-electron chi connectivity index (χ4n) is 3.08. The van der Waals surface area contributed by atoms with Gasteiger partial charge in [-0.3, -0.25) is 4.79 Å². The van der Waals surface area contributed by atoms with Gasteiger partial charge in [-0.25, -0.2) is 0 Å². The van der Waals surface area contributed by atoms with E-state index in [4.69, 9.17) is 5.73 Å². The molecule has 21 heavy (non-hydrogen) atoms. The molecule has 0 saturated carbocycles. The third-order valence-electron chi connectivity index (χ3n) is 4.10. The summed E-state index contributed by atoms with van der Waals surface area (Å²) in [5.41, 5.74) is 8.80. The van der Waals surface area contributed by atoms with E-state index in [0.717, 1.165) is 36.9 Å². The van der Waals surface area contributed by atoms with Gasteiger partial charge >= 0.3 is 0 Å². The summed E-state index contributed by atoms with van der Waals surface area (Å²) in [4.78, 5) is 15.0. The number of carbonyl (C=O) groups excluding carboxylic acids is 1. The lowest BCUT2D eigenvalue weighted by Gasteiger charge is -2.25. The third-order valence-corrected chi connectivity index (χ3v) is 4.80. The minimum absolute atomic E-state index is 0.146. The number of benzene rings is 1. The summed E-state index contributed by atoms with van der Waals surface area (Å²) < 4.78 is 0. The molecule has 3 nitrogen and oxygen atoms in total. The van der Waals surface area contributed by atoms with Crippen LogP contribution in [0.15, 0.2) is 41.1 Å². The van der Waals surface area contributed by atoms with Crippen molar-refractivity contribution in [3.8, 4) is 0 Å². The monoisotopic (exact) mass is 300 g/mol. The van der Waals surface area contributed by atoms with Gasteiger partial charge in [0.15, 0.2) is 0 Å². The number of nitrogens with zero attached hydrogens (tertiary/aromatic N) is 1. The maximum absolute atomic E-state index is 12.9. The minimum atomic E-state index is 0.146. The molecule has 2 N–H and O–H groups in total. The maximum atomic E-state index is 12.9. The van der Waals surface area contributed by atoms with E-state index in [-0.39, 0.29) is 11.9 Å². The molecular formula is C17H20N2OS. The van der Waals surface area contributed by atoms with Crippen molar-refractivity contribution in [1.82, 2.24) is 4.90 Å². The van der Waals surface area contributed by atoms with Gasteiger partial charge in [-0.15, -0.1) is 0 Å². The van der Waals surface area contributed by atoms with Crippen LogP contribution in [0.1, 0.15) is 40.4 Å². The molecule has 2 aromatic rings. The Balaban J connectivity index is 1.88. The lowest BCUT2D eigenvalue weighted by molar-refractivity contribution is 0.0735. The first-order valence-corrected chi connectivity index (χ1v) is 8.36. The van der Waals surface area contributed by atoms with E-state index in [1.165, 1.54) is 5.56 Å². The number of hydrogen-bond acceptors (Lipinski definition) is 3. The summed E-state index contributed by atoms with van der Waals surface area (Å²) >= 11 is 1.69. The molecule has 0 aliphatic carbocycles. The van der Waals surface area contributed by atoms with Gasteiger partial charge in [-0.2, -0.15) is 11.3 Å². The smallest absolute Gasteiger partial charge is 0.254 e. The van der Waals surface area contributed by atoms with Crippen LogP contribution in [-0.2, 0) is 6.42 Å². The predicted octanol–water partition coefficient (Wildman–Crippen LogP) is 3.23. The van der Waals surface area contributed by atoms with Crippen molar-refractivity contribution < 1.29 is 4.79 Å². The van der Waals surface area contributed by atoms with Crippen LogP contribution in [0.5, 0.6) is 0 Å². The van der Waals surface area contributed by atoms with Crippen molar-refractivity contribution >= 4 is 17.2 Å². The fraction of sp³-hybridized carbons (Fsp3) is 0.353. The van der Waals surface area contributed by atoms with E-state index in [1.54, 1.807) is 11.3 Å². The lowest BCUT2D eigenvalue weighted by Crippen LogP contribution is -2.31. The molecule has 1 aromatic carbocycles. The number of amides is 1. The Labute approximate surface area is 129 Å². The Hall–Kier alpha value is -1.65. The second kappa shape index (κ2) is 6.41. The van der Waals surface area contributed by atoms with Gasteiger partial charge in [-0.05, 0) is 59.8 Å². The molecular weight excluding hydrogens is 280 g/mol. The summed E-state index contributed by atoms with van der Waals surface area (Å²) in [5.74, 6) is 0.146. The van der Waals surface area contributed by atoms with Crippen molar-refractivity contribution in [2.75, 3.05) is 13.1 Å². The highest BCUT2D eigenvalue weighted by atomic mass is 32.1. The summed E-state index contributed by atoms with van der Waals surface area (Å²) in [6.45, 7) is 1.41. The number of hydrogen-bond donors (Lipinski definition) is 1. The minimum Gasteiger partial charge on any atom is -0.332 e. The van der Waals surface area contributed by atoms with Crippen LogP contribution >= 0.6 is 11.3 Å². The van der Waals surface area contributed by atoms with E-state index >= 15 is 0 Å². The summed E-state index contributed by atoms with van der Waals surface area (Å²) in [7, 11) is 0. The van der Waals surface area contributed by atoms with Gasteiger partial charge in [0, 0.05) is 12.1 Å². The second-order valence-electron chi connectivity index (χ2n) is 5.41. The first-order valence-electron chi connectivity index (χ1n) is 7.42. The number of thiophene rings is 1. The van der Waals surface area contributed by atoms with Crippen LogP contribution in [0.3, 0.4) is 0 Å². The van der Waals surface area contributed by atoms with E-state index in [1.807, 2.05) is 29.2 Å². The van der Waals surface area contributed by atoms with Crippen molar-refractivity contribution in [1.29, 1.82) is 0 Å². The van der Waals surface area contributed by atoms with Crippen molar-refractivity contribution in [2.45, 2.75) is 25.3 Å². The van der Waals surface area contributed by atoms with Crippen LogP contribution in [0.2, 0.25) is 0 Å². The molecule has 1 aliphatic rings. The van der Waals surface area contributed by atoms with E-state index in [2.05, 4.69) is 16.8 Å². The number of rotatable bonds is 4. The number of likely N-dealkylation sites (tertiary alicyclic amines) is 1. The van der Waals surface area contributed by atoms with Gasteiger partial charge < -0.3 is 10.6 Å². The topological polar surface area (TPSA) is 46.3 Å². The fourth-order valence-corrected chi connectivity index (χ4v) is 3.79. The van der Waals surface area contributed by atoms with Crippen LogP contribution in [0.25, 0.3) is 0 Å². The molecule has 3 rings (SSSR count). The largest absolute Gasteiger partial charge is 0.332 e. The summed E-state index contributed by atoms with van der Waals surface area (Å²) in [6, 6.07) is 10.2. The second-order valence-corrected chi connectivity index (χ2v) is 6.19. The van der Waals surface area contributed by atoms with E-state index in [9.17, 15) is 4.79 Å². The standard InChI is InChI=1S/C17H20N2OS/c18-9-7-13-4-1-2-5-15(13)17(20)19-10-3-6-16(19)14-8-11-21-12-14/h1-2,4-5,8,11-12,16H,3,6-7,9-10,18H2. The van der Waals surface area contributed by atoms with Crippen LogP contribution in [0.4, 0.5) is 0 Å². The normalized spacial score (nSPS) is 18.1. The summed E-state index contributed by atoms with van der Waals surface area (Å²) in [5, 5.41) is 4.24. The SMILES string of the molecule is NCCc1ccccc1C(=O)N1CCCC1c1ccsc1. The highest BCUT2D eigenvalue weighted by Crippen LogP contribution is 2.34. The molecule has 0 radical (unpaired) electrons. The summed E-state index contributed by atoms with van der Waals surface area (Å²) in [6.07, 6.45) is 2.88. The average molecular weight is 300 g/mol. The molecule has 1 unspecified atom stereocenters. The van der Waals surface area contributed by atoms with Crippen LogP contribution < -0.4 is 5.73 Å². The average Bonchev–Trinajstić information content (AvgIpc) is 3.18. The Kier molecular flexibility index (Phi) is 4.36. The van der Waals surface area contributed by atoms with Gasteiger partial charge in [-0.1, -0.05) is 18.2 Å². The Bertz CT molecular complexity index is 609. The maximum Gasteiger partial charge on any atom is 0.254 e. The molecule has 0 spiro atoms. The number of carbonyl (C=O) groups is 1. The molecule has 1 aliphatic heterocycles. The van der Waals surface area contributed by atoms with Crippen LogP contribution in [0, 0.1) is 0 Å². The molecule has 1 atom stereocenters. The molecule has 1 amide bonds. The first kappa shape index (κ1) is 14.3. The van der Waals surface area contributed by atoms with Gasteiger partial charge in [0.1, 0.15) is 0 Å². The van der Waals surface area contributed by atoms with Crippen LogP contribution in [-0.4, -0.2) is 23.9 Å². The predicted molar refractivity (Wildman–Crippen MR) is 86.5 cm³/mol. The zero-order valence-electron chi connectivity index (χ0n) is 12.0. The third kappa shape index (κ3) is 2.87. The first-order chi connectivity index (χ1) is 10.3. The molecule has 1 aromatic heterocycles. The van der Waals surface area contributed by atoms with Crippen molar-refractivity contribution in [3.05, 3.63) is 57.8 Å². The molecule has 4 heteroatoms. The van der Waals surface area contributed by atoms with Gasteiger partial charge in [0.2, 0.25) is 0 Å². The molecule has 110 valence electrons. The van der Waals surface area contributed by atoms with E-state index in [0.29, 0.717) is 6.54 Å². The zero-order chi connectivity index (χ0) is 14.7. The van der Waals surface area contributed by atoms with Crippen molar-refractivity contribution in [3.63, 3.8) is 0 Å². The quantitative estimate of drug-likeness (QED) is 0.942. The molecule has 0 bridgehead atoms. The van der Waals surface area contributed by atoms with E-state index < -0.39 is 0 Å². The Morgan fingerprint density at radius 3 is 2.95 bits per heavy atom. The van der Waals surface area contributed by atoms with Gasteiger partial charge in [0.05, 0.1) is 6.04 Å². The number of nitrogens with two attached hydrogens (primary N) is 1.